The summed E-state index contributed by atoms with van der Waals surface area (Å²) in [7, 11) is 0. The van der Waals surface area contributed by atoms with E-state index in [0.29, 0.717) is 5.69 Å². The lowest BCUT2D eigenvalue weighted by Gasteiger charge is -2.09. The first-order valence-electron chi connectivity index (χ1n) is 4.72. The fourth-order valence-electron chi connectivity index (χ4n) is 1.39. The molecule has 0 unspecified atom stereocenters. The molecule has 1 aromatic heterocycles. The molecule has 0 spiro atoms. The van der Waals surface area contributed by atoms with Crippen molar-refractivity contribution in [2.24, 2.45) is 0 Å². The average Bonchev–Trinajstić information content (AvgIpc) is 2.30. The van der Waals surface area contributed by atoms with Crippen LogP contribution >= 0.6 is 0 Å². The molecule has 0 aliphatic rings. The van der Waals surface area contributed by atoms with Gasteiger partial charge in [0.05, 0.1) is 0 Å². The maximum Gasteiger partial charge on any atom is 0.387 e. The number of rotatable bonds is 3. The highest BCUT2D eigenvalue weighted by molar-refractivity contribution is 5.65. The molecular weight excluding hydrogens is 212 g/mol. The van der Waals surface area contributed by atoms with E-state index in [1.54, 1.807) is 24.4 Å². The summed E-state index contributed by atoms with van der Waals surface area (Å²) in [6.07, 6.45) is 1.54. The molecule has 0 aliphatic carbocycles. The van der Waals surface area contributed by atoms with Gasteiger partial charge in [-0.2, -0.15) is 8.78 Å². The Balaban J connectivity index is 2.41. The van der Waals surface area contributed by atoms with E-state index in [-0.39, 0.29) is 5.75 Å². The predicted octanol–water partition coefficient (Wildman–Crippen LogP) is 3.35. The molecule has 4 heteroatoms. The maximum absolute atomic E-state index is 12.2. The van der Waals surface area contributed by atoms with E-state index in [1.807, 2.05) is 18.2 Å². The minimum atomic E-state index is -2.84. The molecule has 0 saturated carbocycles. The molecule has 16 heavy (non-hydrogen) atoms. The van der Waals surface area contributed by atoms with E-state index in [0.717, 1.165) is 5.56 Å². The highest BCUT2D eigenvalue weighted by atomic mass is 19.3. The largest absolute Gasteiger partial charge is 0.432 e. The first-order valence-corrected chi connectivity index (χ1v) is 4.72. The van der Waals surface area contributed by atoms with Crippen LogP contribution in [0.25, 0.3) is 11.3 Å². The van der Waals surface area contributed by atoms with Crippen LogP contribution in [0.3, 0.4) is 0 Å². The van der Waals surface area contributed by atoms with E-state index in [1.165, 1.54) is 6.07 Å². The Morgan fingerprint density at radius 1 is 1.00 bits per heavy atom. The Bertz CT molecular complexity index is 460. The quantitative estimate of drug-likeness (QED) is 0.792. The van der Waals surface area contributed by atoms with Gasteiger partial charge in [0.1, 0.15) is 5.69 Å². The molecule has 2 nitrogen and oxygen atoms in total. The van der Waals surface area contributed by atoms with Crippen molar-refractivity contribution in [2.75, 3.05) is 0 Å². The lowest BCUT2D eigenvalue weighted by molar-refractivity contribution is -0.0496. The van der Waals surface area contributed by atoms with Crippen molar-refractivity contribution in [1.29, 1.82) is 0 Å². The molecule has 1 aromatic carbocycles. The van der Waals surface area contributed by atoms with Crippen LogP contribution in [-0.4, -0.2) is 11.6 Å². The van der Waals surface area contributed by atoms with Gasteiger partial charge in [0.2, 0.25) is 0 Å². The summed E-state index contributed by atoms with van der Waals surface area (Å²) in [6.45, 7) is -2.84. The van der Waals surface area contributed by atoms with Gasteiger partial charge in [-0.25, -0.2) is 0 Å². The minimum Gasteiger partial charge on any atom is -0.432 e. The lowest BCUT2D eigenvalue weighted by atomic mass is 10.1. The number of hydrogen-bond donors (Lipinski definition) is 0. The van der Waals surface area contributed by atoms with Gasteiger partial charge in [0.25, 0.3) is 0 Å². The van der Waals surface area contributed by atoms with E-state index >= 15 is 0 Å². The summed E-state index contributed by atoms with van der Waals surface area (Å²) in [5.74, 6) is 0.0868. The van der Waals surface area contributed by atoms with Crippen LogP contribution in [0.2, 0.25) is 0 Å². The Kier molecular flexibility index (Phi) is 3.10. The number of ether oxygens (including phenoxy) is 1. The molecular formula is C12H9F2NO. The third-order valence-electron chi connectivity index (χ3n) is 2.03. The van der Waals surface area contributed by atoms with Crippen LogP contribution in [0.15, 0.2) is 48.7 Å². The first-order chi connectivity index (χ1) is 7.77. The summed E-state index contributed by atoms with van der Waals surface area (Å²) < 4.78 is 28.7. The molecule has 0 bridgehead atoms. The second-order valence-corrected chi connectivity index (χ2v) is 3.09. The van der Waals surface area contributed by atoms with Gasteiger partial charge in [0, 0.05) is 11.8 Å². The first kappa shape index (κ1) is 10.5. The summed E-state index contributed by atoms with van der Waals surface area (Å²) in [6, 6.07) is 12.1. The van der Waals surface area contributed by atoms with Crippen molar-refractivity contribution in [3.63, 3.8) is 0 Å². The van der Waals surface area contributed by atoms with Crippen LogP contribution in [0.5, 0.6) is 5.75 Å². The highest BCUT2D eigenvalue weighted by Gasteiger charge is 2.11. The van der Waals surface area contributed by atoms with Gasteiger partial charge in [-0.1, -0.05) is 30.3 Å². The topological polar surface area (TPSA) is 22.1 Å². The number of pyridine rings is 1. The van der Waals surface area contributed by atoms with E-state index in [9.17, 15) is 8.78 Å². The lowest BCUT2D eigenvalue weighted by Crippen LogP contribution is -2.03. The van der Waals surface area contributed by atoms with Crippen molar-refractivity contribution < 1.29 is 13.5 Å². The third-order valence-corrected chi connectivity index (χ3v) is 2.03. The van der Waals surface area contributed by atoms with Gasteiger partial charge < -0.3 is 4.74 Å². The van der Waals surface area contributed by atoms with Crippen LogP contribution in [-0.2, 0) is 0 Å². The number of alkyl halides is 2. The Hall–Kier alpha value is -1.97. The molecule has 0 fully saturated rings. The zero-order valence-corrected chi connectivity index (χ0v) is 8.31. The molecule has 2 aromatic rings. The van der Waals surface area contributed by atoms with Crippen molar-refractivity contribution in [3.05, 3.63) is 48.7 Å². The van der Waals surface area contributed by atoms with Gasteiger partial charge in [0.15, 0.2) is 5.75 Å². The van der Waals surface area contributed by atoms with Crippen LogP contribution < -0.4 is 4.74 Å². The maximum atomic E-state index is 12.2. The van der Waals surface area contributed by atoms with E-state index < -0.39 is 6.61 Å². The normalized spacial score (nSPS) is 10.4. The van der Waals surface area contributed by atoms with Gasteiger partial charge in [-0.05, 0) is 12.1 Å². The zero-order valence-electron chi connectivity index (χ0n) is 8.31. The Labute approximate surface area is 91.5 Å². The van der Waals surface area contributed by atoms with E-state index in [2.05, 4.69) is 9.72 Å². The standard InChI is InChI=1S/C12H9F2NO/c13-12(14)16-10-7-4-8-15-11(10)9-5-2-1-3-6-9/h1-8,12H. The molecule has 0 N–H and O–H groups in total. The monoisotopic (exact) mass is 221 g/mol. The third kappa shape index (κ3) is 2.34. The van der Waals surface area contributed by atoms with Gasteiger partial charge in [-0.3, -0.25) is 4.98 Å². The summed E-state index contributed by atoms with van der Waals surface area (Å²) in [5, 5.41) is 0. The van der Waals surface area contributed by atoms with Crippen molar-refractivity contribution in [1.82, 2.24) is 4.98 Å². The van der Waals surface area contributed by atoms with Crippen molar-refractivity contribution in [2.45, 2.75) is 6.61 Å². The Morgan fingerprint density at radius 3 is 2.44 bits per heavy atom. The minimum absolute atomic E-state index is 0.0868. The molecule has 1 heterocycles. The number of benzene rings is 1. The fourth-order valence-corrected chi connectivity index (χ4v) is 1.39. The SMILES string of the molecule is FC(F)Oc1cccnc1-c1ccccc1. The molecule has 0 radical (unpaired) electrons. The smallest absolute Gasteiger partial charge is 0.387 e. The summed E-state index contributed by atoms with van der Waals surface area (Å²) >= 11 is 0. The van der Waals surface area contributed by atoms with Crippen LogP contribution in [0, 0.1) is 0 Å². The molecule has 0 amide bonds. The van der Waals surface area contributed by atoms with Gasteiger partial charge >= 0.3 is 6.61 Å². The molecule has 2 rings (SSSR count). The molecule has 0 saturated heterocycles. The molecule has 0 aliphatic heterocycles. The molecule has 82 valence electrons. The highest BCUT2D eigenvalue weighted by Crippen LogP contribution is 2.28. The van der Waals surface area contributed by atoms with Crippen molar-refractivity contribution >= 4 is 0 Å². The molecule has 0 atom stereocenters. The van der Waals surface area contributed by atoms with E-state index in [4.69, 9.17) is 0 Å². The zero-order chi connectivity index (χ0) is 11.4. The summed E-state index contributed by atoms with van der Waals surface area (Å²) in [4.78, 5) is 4.04. The number of aromatic nitrogens is 1. The van der Waals surface area contributed by atoms with Crippen LogP contribution in [0.1, 0.15) is 0 Å². The second-order valence-electron chi connectivity index (χ2n) is 3.09. The number of hydrogen-bond acceptors (Lipinski definition) is 2. The Morgan fingerprint density at radius 2 is 1.75 bits per heavy atom. The summed E-state index contributed by atoms with van der Waals surface area (Å²) in [5.41, 5.74) is 1.17. The predicted molar refractivity (Wildman–Crippen MR) is 56.3 cm³/mol. The number of halogens is 2. The van der Waals surface area contributed by atoms with Crippen molar-refractivity contribution in [3.8, 4) is 17.0 Å². The average molecular weight is 221 g/mol. The van der Waals surface area contributed by atoms with Crippen LogP contribution in [0.4, 0.5) is 8.78 Å². The fraction of sp³-hybridized carbons (Fsp3) is 0.0833. The second kappa shape index (κ2) is 4.70. The number of nitrogens with zero attached hydrogens (tertiary/aromatic N) is 1. The van der Waals surface area contributed by atoms with Gasteiger partial charge in [-0.15, -0.1) is 0 Å².